The molecule has 14 heteroatoms. The Kier molecular flexibility index (Phi) is 7.19. The fraction of sp³-hybridized carbons (Fsp3) is 0.320. The molecular weight excluding hydrogens is 519 g/mol. The first-order valence-electron chi connectivity index (χ1n) is 11.9. The number of carbonyl (C=O) groups is 2. The third-order valence-corrected chi connectivity index (χ3v) is 6.26. The second-order valence-electron chi connectivity index (χ2n) is 9.04. The zero-order chi connectivity index (χ0) is 27.7. The van der Waals surface area contributed by atoms with E-state index in [0.29, 0.717) is 29.1 Å². The van der Waals surface area contributed by atoms with Crippen LogP contribution in [0.15, 0.2) is 41.8 Å². The van der Waals surface area contributed by atoms with E-state index in [9.17, 15) is 22.8 Å². The van der Waals surface area contributed by atoms with Gasteiger partial charge in [0.1, 0.15) is 30.0 Å². The third-order valence-electron chi connectivity index (χ3n) is 6.26. The van der Waals surface area contributed by atoms with Crippen molar-refractivity contribution in [2.24, 2.45) is 12.1 Å². The van der Waals surface area contributed by atoms with Crippen molar-refractivity contribution in [3.8, 4) is 17.1 Å². The number of aromatic nitrogens is 3. The van der Waals surface area contributed by atoms with Crippen molar-refractivity contribution in [3.05, 3.63) is 59.7 Å². The van der Waals surface area contributed by atoms with Gasteiger partial charge in [0.2, 0.25) is 5.91 Å². The number of halogens is 3. The molecule has 1 saturated heterocycles. The van der Waals surface area contributed by atoms with Crippen molar-refractivity contribution in [2.75, 3.05) is 32.1 Å². The van der Waals surface area contributed by atoms with Gasteiger partial charge in [0, 0.05) is 38.9 Å². The lowest BCUT2D eigenvalue weighted by atomic mass is 10.0. The topological polar surface area (TPSA) is 114 Å². The van der Waals surface area contributed by atoms with Gasteiger partial charge in [-0.3, -0.25) is 14.5 Å². The van der Waals surface area contributed by atoms with Crippen molar-refractivity contribution in [3.63, 3.8) is 0 Å². The van der Waals surface area contributed by atoms with Crippen LogP contribution in [0.25, 0.3) is 11.4 Å². The van der Waals surface area contributed by atoms with E-state index < -0.39 is 41.5 Å². The Labute approximate surface area is 220 Å². The minimum absolute atomic E-state index is 0.0835. The van der Waals surface area contributed by atoms with E-state index in [2.05, 4.69) is 20.5 Å². The number of hydrogen-bond acceptors (Lipinski definition) is 7. The minimum atomic E-state index is -0.740. The monoisotopic (exact) mass is 543 g/mol. The minimum Gasteiger partial charge on any atom is -0.483 e. The van der Waals surface area contributed by atoms with Crippen molar-refractivity contribution in [1.82, 2.24) is 24.7 Å². The van der Waals surface area contributed by atoms with Crippen LogP contribution in [-0.4, -0.2) is 75.7 Å². The molecule has 2 aromatic heterocycles. The molecule has 204 valence electrons. The highest BCUT2D eigenvalue weighted by Gasteiger charge is 2.39. The predicted octanol–water partition coefficient (Wildman–Crippen LogP) is 3.10. The van der Waals surface area contributed by atoms with Crippen LogP contribution >= 0.6 is 0 Å². The number of carbonyl (C=O) groups excluding carboxylic acids is 2. The molecule has 0 aliphatic carbocycles. The number of likely N-dealkylation sites (tertiary alicyclic amines) is 1. The number of hydrogen-bond donors (Lipinski definition) is 1. The fourth-order valence-corrected chi connectivity index (χ4v) is 4.43. The molecule has 5 rings (SSSR count). The van der Waals surface area contributed by atoms with Crippen LogP contribution in [0.2, 0.25) is 0 Å². The van der Waals surface area contributed by atoms with Crippen LogP contribution < -0.4 is 10.1 Å². The molecule has 0 radical (unpaired) electrons. The van der Waals surface area contributed by atoms with Crippen LogP contribution in [0.3, 0.4) is 0 Å². The molecule has 3 amide bonds. The number of aryl methyl sites for hydroxylation is 1. The smallest absolute Gasteiger partial charge is 0.341 e. The SMILES string of the molecule is COCC(=O)Nc1cnn(C)c1-c1cc(OC2CN(C(=O)N3N=CCC3c3cc(F)cc(F)c3)C2)c(F)cn1. The number of amides is 3. The first-order chi connectivity index (χ1) is 18.7. The largest absolute Gasteiger partial charge is 0.483 e. The van der Waals surface area contributed by atoms with Gasteiger partial charge in [0.15, 0.2) is 11.6 Å². The molecule has 39 heavy (non-hydrogen) atoms. The average molecular weight is 544 g/mol. The molecule has 2 aliphatic heterocycles. The number of pyridine rings is 1. The number of nitrogens with zero attached hydrogens (tertiary/aromatic N) is 6. The van der Waals surface area contributed by atoms with Gasteiger partial charge in [0.25, 0.3) is 0 Å². The van der Waals surface area contributed by atoms with Gasteiger partial charge in [-0.2, -0.15) is 10.2 Å². The van der Waals surface area contributed by atoms with Crippen molar-refractivity contribution in [1.29, 1.82) is 0 Å². The molecule has 0 spiro atoms. The highest BCUT2D eigenvalue weighted by atomic mass is 19.1. The van der Waals surface area contributed by atoms with Crippen LogP contribution in [0.1, 0.15) is 18.0 Å². The van der Waals surface area contributed by atoms with Gasteiger partial charge in [-0.05, 0) is 17.7 Å². The summed E-state index contributed by atoms with van der Waals surface area (Å²) in [6.07, 6.45) is 3.76. The summed E-state index contributed by atoms with van der Waals surface area (Å²) in [5.41, 5.74) is 1.40. The van der Waals surface area contributed by atoms with Gasteiger partial charge < -0.3 is 19.7 Å². The highest BCUT2D eigenvalue weighted by Crippen LogP contribution is 2.33. The molecule has 4 heterocycles. The molecule has 2 aliphatic rings. The summed E-state index contributed by atoms with van der Waals surface area (Å²) in [7, 11) is 3.04. The van der Waals surface area contributed by atoms with Gasteiger partial charge in [-0.1, -0.05) is 0 Å². The maximum absolute atomic E-state index is 14.6. The number of benzene rings is 1. The van der Waals surface area contributed by atoms with E-state index in [4.69, 9.17) is 9.47 Å². The van der Waals surface area contributed by atoms with E-state index in [1.165, 1.54) is 52.3 Å². The molecule has 1 aromatic carbocycles. The zero-order valence-corrected chi connectivity index (χ0v) is 21.0. The summed E-state index contributed by atoms with van der Waals surface area (Å²) in [6, 6.07) is 3.40. The van der Waals surface area contributed by atoms with Crippen molar-refractivity contribution < 1.29 is 32.2 Å². The maximum atomic E-state index is 14.6. The third kappa shape index (κ3) is 5.41. The van der Waals surface area contributed by atoms with Gasteiger partial charge >= 0.3 is 6.03 Å². The normalized spacial score (nSPS) is 16.9. The Balaban J connectivity index is 1.25. The standard InChI is InChI=1S/C25H24F3N7O4/c1-33-24(20(10-31-33)32-23(36)13-38-2)19-8-22(18(28)9-29-19)39-17-11-34(12-17)25(37)35-21(3-4-30-35)14-5-15(26)7-16(27)6-14/h4-10,17,21H,3,11-13H2,1-2H3,(H,32,36). The Morgan fingerprint density at radius 1 is 1.10 bits per heavy atom. The van der Waals surface area contributed by atoms with E-state index >= 15 is 0 Å². The van der Waals surface area contributed by atoms with Crippen LogP contribution in [-0.2, 0) is 16.6 Å². The van der Waals surface area contributed by atoms with E-state index in [-0.39, 0.29) is 25.4 Å². The number of rotatable bonds is 7. The Bertz CT molecular complexity index is 1420. The van der Waals surface area contributed by atoms with Crippen LogP contribution in [0.4, 0.5) is 23.7 Å². The second-order valence-corrected chi connectivity index (χ2v) is 9.04. The molecule has 3 aromatic rings. The number of methoxy groups -OCH3 is 1. The second kappa shape index (κ2) is 10.7. The summed E-state index contributed by atoms with van der Waals surface area (Å²) in [5, 5.41) is 12.1. The first kappa shape index (κ1) is 26.2. The van der Waals surface area contributed by atoms with E-state index in [1.54, 1.807) is 7.05 Å². The number of anilines is 1. The summed E-state index contributed by atoms with van der Waals surface area (Å²) < 4.78 is 54.1. The number of urea groups is 1. The van der Waals surface area contributed by atoms with Crippen molar-refractivity contribution in [2.45, 2.75) is 18.6 Å². The number of nitrogens with one attached hydrogen (secondary N) is 1. The molecule has 0 saturated carbocycles. The molecule has 1 atom stereocenters. The van der Waals surface area contributed by atoms with E-state index in [1.807, 2.05) is 0 Å². The fourth-order valence-electron chi connectivity index (χ4n) is 4.43. The lowest BCUT2D eigenvalue weighted by Gasteiger charge is -2.41. The highest BCUT2D eigenvalue weighted by molar-refractivity contribution is 5.95. The van der Waals surface area contributed by atoms with Gasteiger partial charge in [0.05, 0.1) is 42.9 Å². The molecule has 1 fully saturated rings. The lowest BCUT2D eigenvalue weighted by molar-refractivity contribution is -0.119. The predicted molar refractivity (Wildman–Crippen MR) is 132 cm³/mol. The molecule has 1 N–H and O–H groups in total. The van der Waals surface area contributed by atoms with Crippen LogP contribution in [0.5, 0.6) is 5.75 Å². The maximum Gasteiger partial charge on any atom is 0.341 e. The van der Waals surface area contributed by atoms with Crippen molar-refractivity contribution >= 4 is 23.8 Å². The number of hydrazone groups is 1. The molecule has 1 unspecified atom stereocenters. The first-order valence-corrected chi connectivity index (χ1v) is 11.9. The summed E-state index contributed by atoms with van der Waals surface area (Å²) in [4.78, 5) is 30.6. The van der Waals surface area contributed by atoms with Crippen LogP contribution in [0, 0.1) is 17.5 Å². The number of ether oxygens (including phenoxy) is 2. The van der Waals surface area contributed by atoms with Gasteiger partial charge in [-0.15, -0.1) is 0 Å². The Hall–Kier alpha value is -4.46. The zero-order valence-electron chi connectivity index (χ0n) is 21.0. The lowest BCUT2D eigenvalue weighted by Crippen LogP contribution is -2.58. The van der Waals surface area contributed by atoms with E-state index in [0.717, 1.165) is 12.3 Å². The molecular formula is C25H24F3N7O4. The Morgan fingerprint density at radius 2 is 1.85 bits per heavy atom. The summed E-state index contributed by atoms with van der Waals surface area (Å²) in [6.45, 7) is 0.144. The average Bonchev–Trinajstić information content (AvgIpc) is 3.48. The Morgan fingerprint density at radius 3 is 2.56 bits per heavy atom. The molecule has 11 nitrogen and oxygen atoms in total. The molecule has 0 bridgehead atoms. The quantitative estimate of drug-likeness (QED) is 0.490. The summed E-state index contributed by atoms with van der Waals surface area (Å²) >= 11 is 0. The summed E-state index contributed by atoms with van der Waals surface area (Å²) in [5.74, 6) is -2.66. The van der Waals surface area contributed by atoms with Gasteiger partial charge in [-0.25, -0.2) is 23.0 Å².